The molecule has 0 spiro atoms. The number of nitrogens with one attached hydrogen (secondary N) is 2. The topological polar surface area (TPSA) is 88.6 Å². The fourth-order valence-corrected chi connectivity index (χ4v) is 1.79. The summed E-state index contributed by atoms with van der Waals surface area (Å²) < 4.78 is 10.5. The highest BCUT2D eigenvalue weighted by atomic mass is 16.7. The van der Waals surface area contributed by atoms with E-state index in [1.165, 1.54) is 6.07 Å². The van der Waals surface area contributed by atoms with Crippen molar-refractivity contribution in [1.29, 1.82) is 0 Å². The van der Waals surface area contributed by atoms with Crippen LogP contribution in [0.1, 0.15) is 11.3 Å². The maximum atomic E-state index is 11.3. The molecule has 1 aliphatic heterocycles. The van der Waals surface area contributed by atoms with E-state index in [1.807, 2.05) is 18.2 Å². The lowest BCUT2D eigenvalue weighted by molar-refractivity contribution is 0.174. The van der Waals surface area contributed by atoms with Crippen LogP contribution in [0.5, 0.6) is 11.5 Å². The molecule has 1 aromatic heterocycles. The van der Waals surface area contributed by atoms with Crippen LogP contribution in [0.4, 0.5) is 5.95 Å². The summed E-state index contributed by atoms with van der Waals surface area (Å²) in [4.78, 5) is 17.9. The van der Waals surface area contributed by atoms with E-state index in [9.17, 15) is 4.79 Å². The lowest BCUT2D eigenvalue weighted by Crippen LogP contribution is -2.10. The molecule has 0 bridgehead atoms. The predicted molar refractivity (Wildman–Crippen MR) is 73.4 cm³/mol. The number of aromatic nitrogens is 2. The van der Waals surface area contributed by atoms with Crippen LogP contribution in [0, 0.1) is 6.92 Å². The van der Waals surface area contributed by atoms with Crippen molar-refractivity contribution >= 4 is 12.2 Å². The number of aromatic amines is 1. The predicted octanol–water partition coefficient (Wildman–Crippen LogP) is 1.25. The van der Waals surface area contributed by atoms with Gasteiger partial charge in [0.15, 0.2) is 11.5 Å². The first-order valence-electron chi connectivity index (χ1n) is 5.97. The number of hydrogen-bond acceptors (Lipinski definition) is 6. The number of rotatable bonds is 3. The maximum Gasteiger partial charge on any atom is 0.252 e. The highest BCUT2D eigenvalue weighted by Gasteiger charge is 2.12. The Kier molecular flexibility index (Phi) is 3.08. The molecule has 0 radical (unpaired) electrons. The van der Waals surface area contributed by atoms with Crippen molar-refractivity contribution in [1.82, 2.24) is 9.97 Å². The summed E-state index contributed by atoms with van der Waals surface area (Å²) >= 11 is 0. The summed E-state index contributed by atoms with van der Waals surface area (Å²) in [5, 5.41) is 4.02. The monoisotopic (exact) mass is 272 g/mol. The second-order valence-electron chi connectivity index (χ2n) is 4.22. The van der Waals surface area contributed by atoms with Gasteiger partial charge in [-0.3, -0.25) is 9.78 Å². The Morgan fingerprint density at radius 1 is 1.35 bits per heavy atom. The molecule has 0 amide bonds. The minimum Gasteiger partial charge on any atom is -0.454 e. The zero-order valence-electron chi connectivity index (χ0n) is 10.7. The van der Waals surface area contributed by atoms with Crippen LogP contribution in [-0.4, -0.2) is 23.0 Å². The van der Waals surface area contributed by atoms with Crippen molar-refractivity contribution in [3.05, 3.63) is 45.9 Å². The molecule has 20 heavy (non-hydrogen) atoms. The van der Waals surface area contributed by atoms with Crippen molar-refractivity contribution in [2.75, 3.05) is 12.2 Å². The molecule has 1 aliphatic rings. The summed E-state index contributed by atoms with van der Waals surface area (Å²) in [7, 11) is 0. The van der Waals surface area contributed by atoms with Gasteiger partial charge in [-0.25, -0.2) is 10.4 Å². The first-order valence-corrected chi connectivity index (χ1v) is 5.97. The standard InChI is InChI=1S/C13H12N4O3/c1-8-4-12(18)16-13(15-8)17-14-6-9-2-3-10-11(5-9)20-7-19-10/h2-6H,7H2,1H3,(H2,15,16,17,18)/b14-6+. The zero-order chi connectivity index (χ0) is 13.9. The molecule has 0 saturated heterocycles. The summed E-state index contributed by atoms with van der Waals surface area (Å²) in [6, 6.07) is 6.90. The summed E-state index contributed by atoms with van der Waals surface area (Å²) in [6.07, 6.45) is 1.60. The fourth-order valence-electron chi connectivity index (χ4n) is 1.79. The molecule has 0 saturated carbocycles. The normalized spacial score (nSPS) is 12.8. The molecule has 7 heteroatoms. The molecular weight excluding hydrogens is 260 g/mol. The Labute approximate surface area is 114 Å². The Morgan fingerprint density at radius 3 is 3.05 bits per heavy atom. The lowest BCUT2D eigenvalue weighted by atomic mass is 10.2. The number of aryl methyl sites for hydroxylation is 1. The van der Waals surface area contributed by atoms with Crippen LogP contribution >= 0.6 is 0 Å². The van der Waals surface area contributed by atoms with E-state index < -0.39 is 0 Å². The molecule has 1 aromatic carbocycles. The number of benzene rings is 1. The van der Waals surface area contributed by atoms with E-state index in [0.29, 0.717) is 17.4 Å². The van der Waals surface area contributed by atoms with Gasteiger partial charge in [0.25, 0.3) is 5.56 Å². The Morgan fingerprint density at radius 2 is 2.20 bits per heavy atom. The van der Waals surface area contributed by atoms with Gasteiger partial charge in [-0.1, -0.05) is 0 Å². The SMILES string of the molecule is Cc1cc(=O)[nH]c(N/N=C/c2ccc3c(c2)OCO3)n1. The van der Waals surface area contributed by atoms with Crippen LogP contribution < -0.4 is 20.5 Å². The summed E-state index contributed by atoms with van der Waals surface area (Å²) in [5.41, 5.74) is 3.91. The molecule has 102 valence electrons. The van der Waals surface area contributed by atoms with Gasteiger partial charge in [-0.2, -0.15) is 5.10 Å². The third-order valence-electron chi connectivity index (χ3n) is 2.65. The van der Waals surface area contributed by atoms with Crippen LogP contribution in [0.15, 0.2) is 34.2 Å². The number of ether oxygens (including phenoxy) is 2. The van der Waals surface area contributed by atoms with Gasteiger partial charge >= 0.3 is 0 Å². The second-order valence-corrected chi connectivity index (χ2v) is 4.22. The first-order chi connectivity index (χ1) is 9.70. The number of H-pyrrole nitrogens is 1. The van der Waals surface area contributed by atoms with Gasteiger partial charge in [0.2, 0.25) is 12.7 Å². The number of anilines is 1. The Hall–Kier alpha value is -2.83. The molecule has 0 fully saturated rings. The van der Waals surface area contributed by atoms with E-state index in [-0.39, 0.29) is 12.4 Å². The van der Waals surface area contributed by atoms with E-state index in [1.54, 1.807) is 13.1 Å². The Bertz CT molecular complexity index is 724. The fraction of sp³-hybridized carbons (Fsp3) is 0.154. The molecule has 2 heterocycles. The minimum absolute atomic E-state index is 0.224. The number of hydrazone groups is 1. The van der Waals surface area contributed by atoms with Crippen LogP contribution in [0.3, 0.4) is 0 Å². The Balaban J connectivity index is 1.73. The van der Waals surface area contributed by atoms with Crippen molar-refractivity contribution in [3.63, 3.8) is 0 Å². The molecule has 2 N–H and O–H groups in total. The number of fused-ring (bicyclic) bond motifs is 1. The highest BCUT2D eigenvalue weighted by Crippen LogP contribution is 2.31. The third kappa shape index (κ3) is 2.61. The van der Waals surface area contributed by atoms with Gasteiger partial charge in [-0.05, 0) is 30.7 Å². The third-order valence-corrected chi connectivity index (χ3v) is 2.65. The van der Waals surface area contributed by atoms with Crippen LogP contribution in [0.2, 0.25) is 0 Å². The van der Waals surface area contributed by atoms with Gasteiger partial charge in [0, 0.05) is 11.8 Å². The smallest absolute Gasteiger partial charge is 0.252 e. The van der Waals surface area contributed by atoms with E-state index in [4.69, 9.17) is 9.47 Å². The average molecular weight is 272 g/mol. The quantitative estimate of drug-likeness (QED) is 0.648. The molecular formula is C13H12N4O3. The van der Waals surface area contributed by atoms with Gasteiger partial charge in [0.05, 0.1) is 6.21 Å². The van der Waals surface area contributed by atoms with Crippen molar-refractivity contribution in [3.8, 4) is 11.5 Å². The molecule has 7 nitrogen and oxygen atoms in total. The van der Waals surface area contributed by atoms with Crippen LogP contribution in [0.25, 0.3) is 0 Å². The summed E-state index contributed by atoms with van der Waals surface area (Å²) in [6.45, 7) is 1.98. The highest BCUT2D eigenvalue weighted by molar-refractivity contribution is 5.81. The number of nitrogens with zero attached hydrogens (tertiary/aromatic N) is 2. The van der Waals surface area contributed by atoms with E-state index in [0.717, 1.165) is 11.3 Å². The number of hydrogen-bond donors (Lipinski definition) is 2. The molecule has 0 unspecified atom stereocenters. The minimum atomic E-state index is -0.224. The van der Waals surface area contributed by atoms with Crippen molar-refractivity contribution in [2.45, 2.75) is 6.92 Å². The van der Waals surface area contributed by atoms with Crippen molar-refractivity contribution in [2.24, 2.45) is 5.10 Å². The zero-order valence-corrected chi connectivity index (χ0v) is 10.7. The van der Waals surface area contributed by atoms with Crippen LogP contribution in [-0.2, 0) is 0 Å². The average Bonchev–Trinajstić information content (AvgIpc) is 2.85. The van der Waals surface area contributed by atoms with E-state index >= 15 is 0 Å². The van der Waals surface area contributed by atoms with Gasteiger partial charge in [0.1, 0.15) is 0 Å². The summed E-state index contributed by atoms with van der Waals surface area (Å²) in [5.74, 6) is 1.71. The molecule has 0 aliphatic carbocycles. The second kappa shape index (κ2) is 5.04. The lowest BCUT2D eigenvalue weighted by Gasteiger charge is -2.00. The largest absolute Gasteiger partial charge is 0.454 e. The first kappa shape index (κ1) is 12.2. The molecule has 3 rings (SSSR count). The van der Waals surface area contributed by atoms with Crippen molar-refractivity contribution < 1.29 is 9.47 Å². The van der Waals surface area contributed by atoms with Gasteiger partial charge in [-0.15, -0.1) is 0 Å². The molecule has 0 atom stereocenters. The maximum absolute atomic E-state index is 11.3. The van der Waals surface area contributed by atoms with E-state index in [2.05, 4.69) is 20.5 Å². The molecule has 2 aromatic rings. The van der Waals surface area contributed by atoms with Gasteiger partial charge < -0.3 is 9.47 Å².